The molecule has 1 saturated heterocycles. The second-order valence-corrected chi connectivity index (χ2v) is 8.54. The lowest BCUT2D eigenvalue weighted by molar-refractivity contribution is -0.199. The largest absolute Gasteiger partial charge is 0.476 e. The summed E-state index contributed by atoms with van der Waals surface area (Å²) in [5.41, 5.74) is 0.288. The second kappa shape index (κ2) is 4.38. The Balaban J connectivity index is 1.74. The van der Waals surface area contributed by atoms with Crippen molar-refractivity contribution in [3.63, 3.8) is 0 Å². The van der Waals surface area contributed by atoms with Crippen LogP contribution in [0.15, 0.2) is 0 Å². The Hall–Kier alpha value is 0.275. The summed E-state index contributed by atoms with van der Waals surface area (Å²) >= 11 is 6.49. The van der Waals surface area contributed by atoms with Gasteiger partial charge in [-0.3, -0.25) is 0 Å². The zero-order chi connectivity index (χ0) is 14.0. The first-order valence-corrected chi connectivity index (χ1v) is 8.16. The maximum atomic E-state index is 6.49. The molecule has 4 rings (SSSR count). The van der Waals surface area contributed by atoms with Gasteiger partial charge in [0.1, 0.15) is 0 Å². The van der Waals surface area contributed by atoms with Crippen LogP contribution < -0.4 is 0 Å². The van der Waals surface area contributed by atoms with E-state index >= 15 is 0 Å². The van der Waals surface area contributed by atoms with Crippen LogP contribution in [-0.2, 0) is 9.31 Å². The van der Waals surface area contributed by atoms with Crippen molar-refractivity contribution in [2.75, 3.05) is 0 Å². The summed E-state index contributed by atoms with van der Waals surface area (Å²) in [4.78, 5) is 0. The van der Waals surface area contributed by atoms with Gasteiger partial charge in [0.15, 0.2) is 0 Å². The van der Waals surface area contributed by atoms with Crippen LogP contribution in [0, 0.1) is 23.2 Å². The fourth-order valence-electron chi connectivity index (χ4n) is 4.61. The van der Waals surface area contributed by atoms with Crippen LogP contribution >= 0.6 is 11.6 Å². The van der Waals surface area contributed by atoms with Gasteiger partial charge >= 0.3 is 7.12 Å². The standard InChI is InChI=1S/C15H26BClO2/c1-9(2)6-13(17)16-18-12-8-10-7-11(14(10,3)4)15(12,5)19-16/h9-13H,6-8H2,1-5H3/t10?,11?,12?,13-,15+/m1/s1. The average Bonchev–Trinajstić information content (AvgIpc) is 2.64. The molecule has 19 heavy (non-hydrogen) atoms. The molecule has 2 nitrogen and oxygen atoms in total. The maximum Gasteiger partial charge on any atom is 0.476 e. The van der Waals surface area contributed by atoms with Crippen LogP contribution in [0.5, 0.6) is 0 Å². The Kier molecular flexibility index (Phi) is 3.28. The van der Waals surface area contributed by atoms with E-state index in [9.17, 15) is 0 Å². The van der Waals surface area contributed by atoms with Crippen molar-refractivity contribution in [1.82, 2.24) is 0 Å². The molecule has 4 heteroatoms. The molecule has 0 amide bonds. The Morgan fingerprint density at radius 3 is 2.53 bits per heavy atom. The molecular formula is C15H26BClO2. The van der Waals surface area contributed by atoms with E-state index in [2.05, 4.69) is 34.6 Å². The third-order valence-electron chi connectivity index (χ3n) is 5.96. The molecule has 3 aliphatic carbocycles. The fourth-order valence-corrected chi connectivity index (χ4v) is 5.08. The van der Waals surface area contributed by atoms with Gasteiger partial charge in [0, 0.05) is 0 Å². The average molecular weight is 285 g/mol. The lowest BCUT2D eigenvalue weighted by Crippen LogP contribution is -2.65. The van der Waals surface area contributed by atoms with E-state index in [1.54, 1.807) is 0 Å². The topological polar surface area (TPSA) is 18.5 Å². The third-order valence-corrected chi connectivity index (χ3v) is 6.34. The van der Waals surface area contributed by atoms with Gasteiger partial charge in [0.05, 0.1) is 17.0 Å². The number of rotatable bonds is 3. The summed E-state index contributed by atoms with van der Waals surface area (Å²) in [5.74, 6) is 2.00. The van der Waals surface area contributed by atoms with Crippen LogP contribution in [0.3, 0.4) is 0 Å². The van der Waals surface area contributed by atoms with Gasteiger partial charge in [-0.2, -0.15) is 0 Å². The molecule has 5 atom stereocenters. The molecule has 0 aromatic heterocycles. The van der Waals surface area contributed by atoms with Gasteiger partial charge in [0.25, 0.3) is 0 Å². The Labute approximate surface area is 122 Å². The number of halogens is 1. The van der Waals surface area contributed by atoms with Crippen LogP contribution in [0.1, 0.15) is 53.9 Å². The molecule has 3 saturated carbocycles. The Morgan fingerprint density at radius 1 is 1.26 bits per heavy atom. The predicted molar refractivity (Wildman–Crippen MR) is 79.2 cm³/mol. The molecule has 108 valence electrons. The minimum absolute atomic E-state index is 0.0252. The van der Waals surface area contributed by atoms with Gasteiger partial charge in [-0.1, -0.05) is 27.7 Å². The van der Waals surface area contributed by atoms with E-state index in [-0.39, 0.29) is 24.1 Å². The lowest BCUT2D eigenvalue weighted by Gasteiger charge is -2.64. The molecule has 1 aliphatic heterocycles. The summed E-state index contributed by atoms with van der Waals surface area (Å²) in [6, 6.07) is 0. The van der Waals surface area contributed by atoms with Crippen molar-refractivity contribution in [3.05, 3.63) is 0 Å². The van der Waals surface area contributed by atoms with Gasteiger partial charge in [0.2, 0.25) is 0 Å². The van der Waals surface area contributed by atoms with E-state index in [1.807, 2.05) is 0 Å². The van der Waals surface area contributed by atoms with E-state index in [4.69, 9.17) is 20.9 Å². The molecule has 0 N–H and O–H groups in total. The zero-order valence-electron chi connectivity index (χ0n) is 12.8. The molecule has 4 fully saturated rings. The van der Waals surface area contributed by atoms with Crippen molar-refractivity contribution in [1.29, 1.82) is 0 Å². The van der Waals surface area contributed by atoms with E-state index in [0.29, 0.717) is 17.3 Å². The minimum Gasteiger partial charge on any atom is -0.404 e. The Bertz CT molecular complexity index is 373. The van der Waals surface area contributed by atoms with Crippen LogP contribution in [0.25, 0.3) is 0 Å². The summed E-state index contributed by atoms with van der Waals surface area (Å²) in [7, 11) is -0.214. The molecule has 4 aliphatic rings. The molecule has 1 heterocycles. The van der Waals surface area contributed by atoms with Crippen LogP contribution in [0.4, 0.5) is 0 Å². The van der Waals surface area contributed by atoms with Crippen molar-refractivity contribution < 1.29 is 9.31 Å². The van der Waals surface area contributed by atoms with E-state index < -0.39 is 0 Å². The van der Waals surface area contributed by atoms with Crippen molar-refractivity contribution in [3.8, 4) is 0 Å². The number of hydrogen-bond acceptors (Lipinski definition) is 2. The lowest BCUT2D eigenvalue weighted by atomic mass is 9.43. The third kappa shape index (κ3) is 1.99. The highest BCUT2D eigenvalue weighted by molar-refractivity contribution is 6.59. The van der Waals surface area contributed by atoms with Gasteiger partial charge in [-0.15, -0.1) is 11.6 Å². The highest BCUT2D eigenvalue weighted by Crippen LogP contribution is 2.65. The van der Waals surface area contributed by atoms with Gasteiger partial charge in [-0.05, 0) is 49.4 Å². The molecular weight excluding hydrogens is 258 g/mol. The molecule has 0 radical (unpaired) electrons. The normalized spacial score (nSPS) is 45.0. The first-order chi connectivity index (χ1) is 8.75. The Morgan fingerprint density at radius 2 is 1.95 bits per heavy atom. The first-order valence-electron chi connectivity index (χ1n) is 7.72. The van der Waals surface area contributed by atoms with E-state index in [1.165, 1.54) is 6.42 Å². The summed E-state index contributed by atoms with van der Waals surface area (Å²) in [5, 5.41) is -0.0252. The summed E-state index contributed by atoms with van der Waals surface area (Å²) in [6.45, 7) is 11.4. The van der Waals surface area contributed by atoms with Crippen LogP contribution in [-0.4, -0.2) is 24.1 Å². The van der Waals surface area contributed by atoms with E-state index in [0.717, 1.165) is 18.8 Å². The van der Waals surface area contributed by atoms with Gasteiger partial charge in [-0.25, -0.2) is 0 Å². The van der Waals surface area contributed by atoms with Crippen molar-refractivity contribution in [2.45, 2.75) is 70.9 Å². The number of hydrogen-bond donors (Lipinski definition) is 0. The SMILES string of the molecule is CC(C)C[C@@H](Cl)B1OC2CC3CC(C3(C)C)[C@]2(C)O1. The molecule has 0 spiro atoms. The number of alkyl halides is 1. The molecule has 0 aromatic rings. The molecule has 2 bridgehead atoms. The second-order valence-electron chi connectivity index (χ2n) is 7.98. The summed E-state index contributed by atoms with van der Waals surface area (Å²) < 4.78 is 12.5. The van der Waals surface area contributed by atoms with Gasteiger partial charge < -0.3 is 9.31 Å². The predicted octanol–water partition coefficient (Wildman–Crippen LogP) is 3.91. The zero-order valence-corrected chi connectivity index (χ0v) is 13.5. The highest BCUT2D eigenvalue weighted by Gasteiger charge is 2.68. The highest BCUT2D eigenvalue weighted by atomic mass is 35.5. The van der Waals surface area contributed by atoms with Crippen LogP contribution in [0.2, 0.25) is 0 Å². The monoisotopic (exact) mass is 284 g/mol. The van der Waals surface area contributed by atoms with Crippen molar-refractivity contribution in [2.24, 2.45) is 23.2 Å². The smallest absolute Gasteiger partial charge is 0.404 e. The summed E-state index contributed by atoms with van der Waals surface area (Å²) in [6.07, 6.45) is 3.64. The fraction of sp³-hybridized carbons (Fsp3) is 1.00. The molecule has 0 aromatic carbocycles. The minimum atomic E-state index is -0.214. The first kappa shape index (κ1) is 14.2. The van der Waals surface area contributed by atoms with Crippen molar-refractivity contribution >= 4 is 18.7 Å². The quantitative estimate of drug-likeness (QED) is 0.578. The maximum absolute atomic E-state index is 6.49. The molecule has 3 unspecified atom stereocenters.